The first kappa shape index (κ1) is 19.8. The Kier molecular flexibility index (Phi) is 4.62. The van der Waals surface area contributed by atoms with Crippen LogP contribution in [-0.2, 0) is 0 Å². The zero-order chi connectivity index (χ0) is 23.1. The van der Waals surface area contributed by atoms with Gasteiger partial charge in [0.25, 0.3) is 0 Å². The lowest BCUT2D eigenvalue weighted by Crippen LogP contribution is -2.16. The van der Waals surface area contributed by atoms with E-state index in [1.54, 1.807) is 24.5 Å². The van der Waals surface area contributed by atoms with Gasteiger partial charge in [0, 0.05) is 11.1 Å². The highest BCUT2D eigenvalue weighted by Crippen LogP contribution is 2.36. The fourth-order valence-electron chi connectivity index (χ4n) is 3.76. The maximum absolute atomic E-state index is 13.1. The molecule has 6 rings (SSSR count). The predicted molar refractivity (Wildman–Crippen MR) is 126 cm³/mol. The van der Waals surface area contributed by atoms with Crippen LogP contribution in [0.3, 0.4) is 0 Å². The summed E-state index contributed by atoms with van der Waals surface area (Å²) >= 11 is 0. The third-order valence-electron chi connectivity index (χ3n) is 5.39. The number of hydrogen-bond acceptors (Lipinski definition) is 6. The first-order valence-electron chi connectivity index (χ1n) is 10.4. The van der Waals surface area contributed by atoms with Crippen molar-refractivity contribution >= 4 is 28.4 Å². The zero-order valence-electron chi connectivity index (χ0n) is 17.6. The highest BCUT2D eigenvalue weighted by Gasteiger charge is 2.21. The Morgan fingerprint density at radius 3 is 2.59 bits per heavy atom. The average Bonchev–Trinajstić information content (AvgIpc) is 3.53. The molecule has 0 aliphatic carbocycles. The fraction of sp³-hybridized carbons (Fsp3) is 0. The van der Waals surface area contributed by atoms with Gasteiger partial charge in [-0.2, -0.15) is 9.78 Å². The summed E-state index contributed by atoms with van der Waals surface area (Å²) in [6.07, 6.45) is 4.34. The van der Waals surface area contributed by atoms with Crippen molar-refractivity contribution in [3.05, 3.63) is 107 Å². The van der Waals surface area contributed by atoms with Crippen LogP contribution in [0.5, 0.6) is 0 Å². The van der Waals surface area contributed by atoms with Crippen molar-refractivity contribution in [1.82, 2.24) is 14.6 Å². The third-order valence-corrected chi connectivity index (χ3v) is 5.39. The highest BCUT2D eigenvalue weighted by atomic mass is 19.1. The Hall–Kier alpha value is -4.85. The Bertz CT molecular complexity index is 1720. The van der Waals surface area contributed by atoms with Gasteiger partial charge < -0.3 is 8.83 Å². The van der Waals surface area contributed by atoms with Gasteiger partial charge in [0.15, 0.2) is 0 Å². The van der Waals surface area contributed by atoms with Crippen LogP contribution in [0.2, 0.25) is 0 Å². The van der Waals surface area contributed by atoms with E-state index in [1.165, 1.54) is 24.7 Å². The van der Waals surface area contributed by atoms with Gasteiger partial charge in [-0.25, -0.2) is 14.4 Å². The molecule has 34 heavy (non-hydrogen) atoms. The molecule has 0 atom stereocenters. The number of rotatable bonds is 4. The molecule has 2 aromatic carbocycles. The minimum absolute atomic E-state index is 0.0271. The van der Waals surface area contributed by atoms with Crippen molar-refractivity contribution in [1.29, 1.82) is 0 Å². The summed E-state index contributed by atoms with van der Waals surface area (Å²) < 4.78 is 25.8. The van der Waals surface area contributed by atoms with Crippen LogP contribution in [0, 0.1) is 5.82 Å². The number of fused-ring (bicyclic) bond motifs is 3. The second-order valence-electron chi connectivity index (χ2n) is 7.55. The molecule has 4 aromatic heterocycles. The molecule has 0 saturated carbocycles. The number of benzene rings is 2. The number of pyridine rings is 1. The van der Waals surface area contributed by atoms with Gasteiger partial charge in [-0.05, 0) is 35.9 Å². The topological polar surface area (TPSA) is 86.4 Å². The standard InChI is InChI=1S/C26H15FN4O3/c27-18-10-8-16(9-11-18)14-29-31-15-28-23-22-19(21-7-4-12-33-21)13-20(17-5-2-1-3-6-17)30-25(22)34-24(23)26(31)32/h1-15H. The summed E-state index contributed by atoms with van der Waals surface area (Å²) in [5, 5.41) is 4.74. The minimum atomic E-state index is -0.493. The summed E-state index contributed by atoms with van der Waals surface area (Å²) in [4.78, 5) is 22.2. The number of halogens is 1. The SMILES string of the molecule is O=c1c2oc3nc(-c4ccccc4)cc(-c4ccco4)c3c2ncn1N=Cc1ccc(F)cc1. The van der Waals surface area contributed by atoms with Gasteiger partial charge in [-0.3, -0.25) is 4.79 Å². The smallest absolute Gasteiger partial charge is 0.317 e. The molecule has 0 saturated heterocycles. The Morgan fingerprint density at radius 2 is 1.82 bits per heavy atom. The first-order chi connectivity index (χ1) is 16.7. The fourth-order valence-corrected chi connectivity index (χ4v) is 3.76. The van der Waals surface area contributed by atoms with E-state index >= 15 is 0 Å². The second kappa shape index (κ2) is 7.93. The predicted octanol–water partition coefficient (Wildman–Crippen LogP) is 5.49. The largest absolute Gasteiger partial charge is 0.464 e. The van der Waals surface area contributed by atoms with Gasteiger partial charge in [0.05, 0.1) is 23.6 Å². The summed E-state index contributed by atoms with van der Waals surface area (Å²) in [7, 11) is 0. The quantitative estimate of drug-likeness (QED) is 0.332. The lowest BCUT2D eigenvalue weighted by molar-refractivity contribution is 0.582. The van der Waals surface area contributed by atoms with Gasteiger partial charge in [0.1, 0.15) is 23.4 Å². The van der Waals surface area contributed by atoms with E-state index in [4.69, 9.17) is 8.83 Å². The molecule has 0 aliphatic heterocycles. The van der Waals surface area contributed by atoms with E-state index in [0.29, 0.717) is 33.5 Å². The van der Waals surface area contributed by atoms with Crippen molar-refractivity contribution in [2.75, 3.05) is 0 Å². The van der Waals surface area contributed by atoms with E-state index < -0.39 is 5.56 Å². The molecule has 4 heterocycles. The highest BCUT2D eigenvalue weighted by molar-refractivity contribution is 6.09. The molecule has 6 aromatic rings. The Labute approximate surface area is 191 Å². The molecule has 0 radical (unpaired) electrons. The van der Waals surface area contributed by atoms with Crippen molar-refractivity contribution in [3.63, 3.8) is 0 Å². The van der Waals surface area contributed by atoms with E-state index in [2.05, 4.69) is 15.1 Å². The number of hydrogen-bond donors (Lipinski definition) is 0. The molecule has 0 N–H and O–H groups in total. The number of aromatic nitrogens is 3. The minimum Gasteiger partial charge on any atom is -0.464 e. The van der Waals surface area contributed by atoms with Crippen molar-refractivity contribution in [2.24, 2.45) is 5.10 Å². The summed E-state index contributed by atoms with van der Waals surface area (Å²) in [6.45, 7) is 0. The van der Waals surface area contributed by atoms with Gasteiger partial charge in [-0.1, -0.05) is 42.5 Å². The van der Waals surface area contributed by atoms with Crippen LogP contribution >= 0.6 is 0 Å². The summed E-state index contributed by atoms with van der Waals surface area (Å²) in [6, 6.07) is 20.9. The van der Waals surface area contributed by atoms with Crippen LogP contribution in [0.15, 0.2) is 104 Å². The normalized spacial score (nSPS) is 11.7. The number of furan rings is 2. The van der Waals surface area contributed by atoms with E-state index in [1.807, 2.05) is 42.5 Å². The van der Waals surface area contributed by atoms with Crippen LogP contribution in [-0.4, -0.2) is 20.9 Å². The van der Waals surface area contributed by atoms with E-state index in [9.17, 15) is 9.18 Å². The monoisotopic (exact) mass is 450 g/mol. The summed E-state index contributed by atoms with van der Waals surface area (Å²) in [5.74, 6) is 0.252. The average molecular weight is 450 g/mol. The van der Waals surface area contributed by atoms with Crippen LogP contribution in [0.1, 0.15) is 5.56 Å². The third kappa shape index (κ3) is 3.38. The Morgan fingerprint density at radius 1 is 1.00 bits per heavy atom. The number of nitrogens with zero attached hydrogens (tertiary/aromatic N) is 4. The second-order valence-corrected chi connectivity index (χ2v) is 7.55. The van der Waals surface area contributed by atoms with Crippen molar-refractivity contribution < 1.29 is 13.2 Å². The lowest BCUT2D eigenvalue weighted by Gasteiger charge is -2.05. The van der Waals surface area contributed by atoms with Crippen LogP contribution in [0.4, 0.5) is 4.39 Å². The maximum Gasteiger partial charge on any atom is 0.317 e. The molecular weight excluding hydrogens is 435 g/mol. The molecule has 0 amide bonds. The molecule has 8 heteroatoms. The summed E-state index contributed by atoms with van der Waals surface area (Å²) in [5.41, 5.74) is 3.09. The van der Waals surface area contributed by atoms with E-state index in [0.717, 1.165) is 10.2 Å². The maximum atomic E-state index is 13.1. The molecule has 0 aliphatic rings. The van der Waals surface area contributed by atoms with Gasteiger partial charge in [-0.15, -0.1) is 0 Å². The molecule has 0 bridgehead atoms. The molecule has 7 nitrogen and oxygen atoms in total. The first-order valence-corrected chi connectivity index (χ1v) is 10.4. The van der Waals surface area contributed by atoms with Crippen LogP contribution < -0.4 is 5.56 Å². The molecule has 0 fully saturated rings. The van der Waals surface area contributed by atoms with Crippen molar-refractivity contribution in [3.8, 4) is 22.6 Å². The molecular formula is C26H15FN4O3. The molecule has 164 valence electrons. The molecule has 0 unspecified atom stereocenters. The van der Waals surface area contributed by atoms with Crippen molar-refractivity contribution in [2.45, 2.75) is 0 Å². The molecule has 0 spiro atoms. The van der Waals surface area contributed by atoms with E-state index in [-0.39, 0.29) is 17.1 Å². The zero-order valence-corrected chi connectivity index (χ0v) is 17.6. The Balaban J connectivity index is 1.55. The van der Waals surface area contributed by atoms with Gasteiger partial charge >= 0.3 is 5.56 Å². The lowest BCUT2D eigenvalue weighted by atomic mass is 10.0. The van der Waals surface area contributed by atoms with Gasteiger partial charge in [0.2, 0.25) is 11.3 Å². The van der Waals surface area contributed by atoms with Crippen LogP contribution in [0.25, 0.3) is 44.8 Å².